The summed E-state index contributed by atoms with van der Waals surface area (Å²) < 4.78 is 10.0. The summed E-state index contributed by atoms with van der Waals surface area (Å²) in [4.78, 5) is 13.4. The lowest BCUT2D eigenvalue weighted by Crippen LogP contribution is -2.40. The number of carbonyl (C=O) groups excluding carboxylic acids is 1. The van der Waals surface area contributed by atoms with Crippen LogP contribution in [0.5, 0.6) is 0 Å². The minimum Gasteiger partial charge on any atom is -0.383 e. The molecule has 0 saturated carbocycles. The van der Waals surface area contributed by atoms with Gasteiger partial charge in [-0.15, -0.1) is 0 Å². The first-order valence-electron chi connectivity index (χ1n) is 5.04. The van der Waals surface area contributed by atoms with Crippen LogP contribution in [0.25, 0.3) is 0 Å². The molecule has 0 rings (SSSR count). The molecule has 0 spiro atoms. The van der Waals surface area contributed by atoms with Crippen molar-refractivity contribution < 1.29 is 14.3 Å². The minimum atomic E-state index is -0.199. The molecule has 0 bridgehead atoms. The summed E-state index contributed by atoms with van der Waals surface area (Å²) in [6.07, 6.45) is 0.118. The molecule has 0 aliphatic heterocycles. The number of nitrogens with zero attached hydrogens (tertiary/aromatic N) is 1. The fourth-order valence-corrected chi connectivity index (χ4v) is 1.20. The maximum Gasteiger partial charge on any atom is 0.225 e. The highest BCUT2D eigenvalue weighted by Gasteiger charge is 2.19. The molecule has 0 aromatic rings. The Bertz CT molecular complexity index is 184. The number of hydrogen-bond donors (Lipinski definition) is 1. The second kappa shape index (κ2) is 7.62. The lowest BCUT2D eigenvalue weighted by Gasteiger charge is -2.25. The van der Waals surface area contributed by atoms with E-state index in [4.69, 9.17) is 15.2 Å². The van der Waals surface area contributed by atoms with Crippen LogP contribution in [0.15, 0.2) is 0 Å². The van der Waals surface area contributed by atoms with E-state index < -0.39 is 0 Å². The zero-order valence-corrected chi connectivity index (χ0v) is 10.0. The molecule has 0 aromatic carbocycles. The van der Waals surface area contributed by atoms with Crippen LogP contribution in [-0.2, 0) is 14.3 Å². The summed E-state index contributed by atoms with van der Waals surface area (Å²) in [5.74, 6) is 0.0249. The first-order valence-corrected chi connectivity index (χ1v) is 5.04. The number of hydrogen-bond acceptors (Lipinski definition) is 4. The van der Waals surface area contributed by atoms with Crippen molar-refractivity contribution >= 4 is 5.91 Å². The fourth-order valence-electron chi connectivity index (χ4n) is 1.20. The van der Waals surface area contributed by atoms with E-state index in [1.54, 1.807) is 26.2 Å². The molecule has 0 heterocycles. The van der Waals surface area contributed by atoms with Gasteiger partial charge in [-0.2, -0.15) is 0 Å². The van der Waals surface area contributed by atoms with Crippen molar-refractivity contribution in [1.82, 2.24) is 4.90 Å². The van der Waals surface area contributed by atoms with Gasteiger partial charge in [-0.25, -0.2) is 0 Å². The molecule has 15 heavy (non-hydrogen) atoms. The van der Waals surface area contributed by atoms with E-state index in [0.717, 1.165) is 0 Å². The number of methoxy groups -OCH3 is 2. The number of ether oxygens (including phenoxy) is 2. The van der Waals surface area contributed by atoms with Gasteiger partial charge in [0.15, 0.2) is 0 Å². The Balaban J connectivity index is 4.07. The van der Waals surface area contributed by atoms with Crippen LogP contribution in [0.2, 0.25) is 0 Å². The Hall–Kier alpha value is -0.650. The van der Waals surface area contributed by atoms with Gasteiger partial charge >= 0.3 is 0 Å². The second-order valence-electron chi connectivity index (χ2n) is 3.61. The molecular formula is C10H22N2O3. The van der Waals surface area contributed by atoms with E-state index in [-0.39, 0.29) is 18.1 Å². The number of carbonyl (C=O) groups is 1. The van der Waals surface area contributed by atoms with Gasteiger partial charge in [0.2, 0.25) is 5.91 Å². The highest BCUT2D eigenvalue weighted by atomic mass is 16.5. The Morgan fingerprint density at radius 2 is 2.07 bits per heavy atom. The molecule has 2 atom stereocenters. The quantitative estimate of drug-likeness (QED) is 0.645. The first kappa shape index (κ1) is 14.3. The van der Waals surface area contributed by atoms with E-state index >= 15 is 0 Å². The molecule has 2 N–H and O–H groups in total. The highest BCUT2D eigenvalue weighted by Crippen LogP contribution is 2.03. The van der Waals surface area contributed by atoms with Crippen molar-refractivity contribution in [2.24, 2.45) is 5.73 Å². The molecule has 90 valence electrons. The molecule has 0 aromatic heterocycles. The lowest BCUT2D eigenvalue weighted by atomic mass is 10.2. The van der Waals surface area contributed by atoms with E-state index in [1.165, 1.54) is 0 Å². The molecule has 0 radical (unpaired) electrons. The van der Waals surface area contributed by atoms with Crippen molar-refractivity contribution in [1.29, 1.82) is 0 Å². The number of rotatable bonds is 7. The average molecular weight is 218 g/mol. The Morgan fingerprint density at radius 3 is 2.47 bits per heavy atom. The third-order valence-corrected chi connectivity index (χ3v) is 2.46. The molecule has 1 amide bonds. The normalized spacial score (nSPS) is 14.7. The smallest absolute Gasteiger partial charge is 0.225 e. The summed E-state index contributed by atoms with van der Waals surface area (Å²) in [5.41, 5.74) is 5.45. The predicted octanol–water partition coefficient (Wildman–Crippen LogP) is -0.156. The van der Waals surface area contributed by atoms with Crippen LogP contribution in [-0.4, -0.2) is 57.4 Å². The average Bonchev–Trinajstić information content (AvgIpc) is 2.24. The predicted molar refractivity (Wildman–Crippen MR) is 58.6 cm³/mol. The fraction of sp³-hybridized carbons (Fsp3) is 0.900. The van der Waals surface area contributed by atoms with Gasteiger partial charge in [-0.3, -0.25) is 4.79 Å². The number of likely N-dealkylation sites (N-methyl/N-ethyl adjacent to an activating group) is 1. The van der Waals surface area contributed by atoms with Crippen molar-refractivity contribution in [2.45, 2.75) is 25.5 Å². The van der Waals surface area contributed by atoms with Crippen LogP contribution in [0.4, 0.5) is 0 Å². The molecule has 0 aliphatic rings. The van der Waals surface area contributed by atoms with Gasteiger partial charge in [0, 0.05) is 27.8 Å². The number of nitrogens with two attached hydrogens (primary N) is 1. The van der Waals surface area contributed by atoms with Crippen LogP contribution in [0.3, 0.4) is 0 Å². The molecule has 2 unspecified atom stereocenters. The van der Waals surface area contributed by atoms with E-state index in [2.05, 4.69) is 0 Å². The van der Waals surface area contributed by atoms with E-state index in [9.17, 15) is 4.79 Å². The van der Waals surface area contributed by atoms with Crippen LogP contribution in [0, 0.1) is 0 Å². The third kappa shape index (κ3) is 5.11. The van der Waals surface area contributed by atoms with E-state index in [1.807, 2.05) is 6.92 Å². The van der Waals surface area contributed by atoms with Crippen molar-refractivity contribution in [2.75, 3.05) is 34.4 Å². The maximum absolute atomic E-state index is 11.7. The number of amides is 1. The van der Waals surface area contributed by atoms with Crippen LogP contribution < -0.4 is 5.73 Å². The largest absolute Gasteiger partial charge is 0.383 e. The van der Waals surface area contributed by atoms with Gasteiger partial charge in [0.1, 0.15) is 0 Å². The zero-order chi connectivity index (χ0) is 11.8. The Morgan fingerprint density at radius 1 is 1.47 bits per heavy atom. The standard InChI is InChI=1S/C10H22N2O3/c1-8(7-14-3)12(2)10(13)5-9(6-11)15-4/h8-9H,5-7,11H2,1-4H3. The highest BCUT2D eigenvalue weighted by molar-refractivity contribution is 5.76. The van der Waals surface area contributed by atoms with Gasteiger partial charge in [-0.1, -0.05) is 0 Å². The Kier molecular flexibility index (Phi) is 7.29. The van der Waals surface area contributed by atoms with Crippen LogP contribution >= 0.6 is 0 Å². The molecule has 0 aliphatic carbocycles. The molecular weight excluding hydrogens is 196 g/mol. The van der Waals surface area contributed by atoms with E-state index in [0.29, 0.717) is 19.6 Å². The SMILES string of the molecule is COCC(C)N(C)C(=O)CC(CN)OC. The summed E-state index contributed by atoms with van der Waals surface area (Å²) in [5, 5.41) is 0. The van der Waals surface area contributed by atoms with Crippen LogP contribution in [0.1, 0.15) is 13.3 Å². The van der Waals surface area contributed by atoms with Crippen molar-refractivity contribution in [3.05, 3.63) is 0 Å². The van der Waals surface area contributed by atoms with Gasteiger partial charge in [0.25, 0.3) is 0 Å². The molecule has 0 saturated heterocycles. The summed E-state index contributed by atoms with van der Waals surface area (Å²) in [6, 6.07) is 0.0674. The van der Waals surface area contributed by atoms with Crippen molar-refractivity contribution in [3.63, 3.8) is 0 Å². The summed E-state index contributed by atoms with van der Waals surface area (Å²) in [6.45, 7) is 2.82. The summed E-state index contributed by atoms with van der Waals surface area (Å²) in [7, 11) is 4.94. The third-order valence-electron chi connectivity index (χ3n) is 2.46. The summed E-state index contributed by atoms with van der Waals surface area (Å²) >= 11 is 0. The molecule has 5 heteroatoms. The monoisotopic (exact) mass is 218 g/mol. The first-order chi connectivity index (χ1) is 7.06. The van der Waals surface area contributed by atoms with Gasteiger partial charge in [0.05, 0.1) is 25.2 Å². The Labute approximate surface area is 91.5 Å². The zero-order valence-electron chi connectivity index (χ0n) is 10.0. The van der Waals surface area contributed by atoms with Gasteiger partial charge in [-0.05, 0) is 6.92 Å². The topological polar surface area (TPSA) is 64.8 Å². The lowest BCUT2D eigenvalue weighted by molar-refractivity contribution is -0.135. The van der Waals surface area contributed by atoms with Gasteiger partial charge < -0.3 is 20.1 Å². The maximum atomic E-state index is 11.7. The second-order valence-corrected chi connectivity index (χ2v) is 3.61. The minimum absolute atomic E-state index is 0.0249. The molecule has 5 nitrogen and oxygen atoms in total. The van der Waals surface area contributed by atoms with Crippen molar-refractivity contribution in [3.8, 4) is 0 Å². The molecule has 0 fully saturated rings.